The molecule has 0 spiro atoms. The zero-order valence-electron chi connectivity index (χ0n) is 9.52. The molecule has 3 heteroatoms. The summed E-state index contributed by atoms with van der Waals surface area (Å²) >= 11 is 0. The zero-order chi connectivity index (χ0) is 10.7. The van der Waals surface area contributed by atoms with Crippen molar-refractivity contribution in [2.24, 2.45) is 11.8 Å². The molecular weight excluding hydrogens is 192 g/mol. The Bertz CT molecular complexity index is 189. The molecular formula is C12H22O3. The molecule has 4 atom stereocenters. The predicted octanol–water partition coefficient (Wildman–Crippen LogP) is 1.59. The first-order valence-corrected chi connectivity index (χ1v) is 6.15. The zero-order valence-corrected chi connectivity index (χ0v) is 9.52. The van der Waals surface area contributed by atoms with Gasteiger partial charge in [-0.25, -0.2) is 0 Å². The van der Waals surface area contributed by atoms with Crippen LogP contribution >= 0.6 is 0 Å². The van der Waals surface area contributed by atoms with E-state index in [2.05, 4.69) is 6.92 Å². The molecule has 0 bridgehead atoms. The van der Waals surface area contributed by atoms with Crippen molar-refractivity contribution >= 4 is 0 Å². The van der Waals surface area contributed by atoms with Crippen LogP contribution in [0.15, 0.2) is 0 Å². The Morgan fingerprint density at radius 2 is 2.13 bits per heavy atom. The average Bonchev–Trinajstić information content (AvgIpc) is 2.29. The molecule has 1 heterocycles. The summed E-state index contributed by atoms with van der Waals surface area (Å²) < 4.78 is 10.9. The van der Waals surface area contributed by atoms with Gasteiger partial charge in [0, 0.05) is 0 Å². The second-order valence-corrected chi connectivity index (χ2v) is 5.01. The van der Waals surface area contributed by atoms with E-state index in [1.165, 1.54) is 12.8 Å². The quantitative estimate of drug-likeness (QED) is 0.758. The van der Waals surface area contributed by atoms with Crippen molar-refractivity contribution in [1.29, 1.82) is 0 Å². The van der Waals surface area contributed by atoms with Gasteiger partial charge < -0.3 is 14.6 Å². The van der Waals surface area contributed by atoms with Crippen molar-refractivity contribution in [3.05, 3.63) is 0 Å². The molecule has 0 aromatic carbocycles. The Kier molecular flexibility index (Phi) is 4.00. The summed E-state index contributed by atoms with van der Waals surface area (Å²) in [5, 5.41) is 10.2. The highest BCUT2D eigenvalue weighted by Gasteiger charge is 2.32. The van der Waals surface area contributed by atoms with Crippen LogP contribution in [0.5, 0.6) is 0 Å². The van der Waals surface area contributed by atoms with Crippen LogP contribution in [0.25, 0.3) is 0 Å². The van der Waals surface area contributed by atoms with Gasteiger partial charge in [-0.1, -0.05) is 19.8 Å². The van der Waals surface area contributed by atoms with E-state index in [4.69, 9.17) is 9.47 Å². The van der Waals surface area contributed by atoms with Crippen LogP contribution in [0.4, 0.5) is 0 Å². The van der Waals surface area contributed by atoms with Gasteiger partial charge in [0.1, 0.15) is 6.10 Å². The van der Waals surface area contributed by atoms with Gasteiger partial charge in [-0.05, 0) is 24.7 Å². The van der Waals surface area contributed by atoms with Gasteiger partial charge in [0.05, 0.1) is 25.9 Å². The molecule has 0 aromatic heterocycles. The fraction of sp³-hybridized carbons (Fsp3) is 1.00. The van der Waals surface area contributed by atoms with Crippen molar-refractivity contribution in [1.82, 2.24) is 0 Å². The van der Waals surface area contributed by atoms with Crippen LogP contribution in [0.3, 0.4) is 0 Å². The Hall–Kier alpha value is -0.120. The molecule has 1 aliphatic carbocycles. The van der Waals surface area contributed by atoms with Gasteiger partial charge in [0.15, 0.2) is 0 Å². The molecule has 2 aliphatic rings. The number of hydrogen-bond acceptors (Lipinski definition) is 3. The lowest BCUT2D eigenvalue weighted by Crippen LogP contribution is -2.43. The minimum atomic E-state index is -0.326. The van der Waals surface area contributed by atoms with Crippen molar-refractivity contribution in [3.63, 3.8) is 0 Å². The SMILES string of the molecule is CC1CCCC(C(O)C2COCCO2)C1. The highest BCUT2D eigenvalue weighted by Crippen LogP contribution is 2.32. The Labute approximate surface area is 91.8 Å². The van der Waals surface area contributed by atoms with Gasteiger partial charge >= 0.3 is 0 Å². The predicted molar refractivity (Wildman–Crippen MR) is 57.7 cm³/mol. The van der Waals surface area contributed by atoms with Gasteiger partial charge in [-0.3, -0.25) is 0 Å². The molecule has 88 valence electrons. The maximum atomic E-state index is 10.2. The number of hydrogen-bond donors (Lipinski definition) is 1. The van der Waals surface area contributed by atoms with E-state index in [0.29, 0.717) is 25.7 Å². The van der Waals surface area contributed by atoms with E-state index < -0.39 is 0 Å². The third-order valence-corrected chi connectivity index (χ3v) is 3.68. The molecule has 1 aliphatic heterocycles. The van der Waals surface area contributed by atoms with Crippen LogP contribution in [-0.4, -0.2) is 37.1 Å². The lowest BCUT2D eigenvalue weighted by molar-refractivity contribution is -0.148. The van der Waals surface area contributed by atoms with E-state index in [0.717, 1.165) is 18.8 Å². The van der Waals surface area contributed by atoms with Gasteiger partial charge in [0.2, 0.25) is 0 Å². The van der Waals surface area contributed by atoms with Gasteiger partial charge in [-0.2, -0.15) is 0 Å². The molecule has 0 amide bonds. The largest absolute Gasteiger partial charge is 0.390 e. The van der Waals surface area contributed by atoms with Crippen molar-refractivity contribution < 1.29 is 14.6 Å². The van der Waals surface area contributed by atoms with Crippen molar-refractivity contribution in [3.8, 4) is 0 Å². The Morgan fingerprint density at radius 1 is 1.27 bits per heavy atom. The fourth-order valence-corrected chi connectivity index (χ4v) is 2.80. The maximum Gasteiger partial charge on any atom is 0.107 e. The lowest BCUT2D eigenvalue weighted by Gasteiger charge is -2.35. The molecule has 4 unspecified atom stereocenters. The topological polar surface area (TPSA) is 38.7 Å². The minimum absolute atomic E-state index is 0.0888. The fourth-order valence-electron chi connectivity index (χ4n) is 2.80. The molecule has 3 nitrogen and oxygen atoms in total. The van der Waals surface area contributed by atoms with E-state index in [1.54, 1.807) is 0 Å². The summed E-state index contributed by atoms with van der Waals surface area (Å²) in [5.41, 5.74) is 0. The van der Waals surface area contributed by atoms with Crippen LogP contribution in [0, 0.1) is 11.8 Å². The van der Waals surface area contributed by atoms with E-state index in [9.17, 15) is 5.11 Å². The highest BCUT2D eigenvalue weighted by molar-refractivity contribution is 4.82. The third-order valence-electron chi connectivity index (χ3n) is 3.68. The van der Waals surface area contributed by atoms with E-state index in [1.807, 2.05) is 0 Å². The Morgan fingerprint density at radius 3 is 2.80 bits per heavy atom. The number of ether oxygens (including phenoxy) is 2. The van der Waals surface area contributed by atoms with Crippen LogP contribution in [-0.2, 0) is 9.47 Å². The first kappa shape index (κ1) is 11.4. The summed E-state index contributed by atoms with van der Waals surface area (Å²) in [5.74, 6) is 1.17. The van der Waals surface area contributed by atoms with Crippen LogP contribution in [0.2, 0.25) is 0 Å². The highest BCUT2D eigenvalue weighted by atomic mass is 16.6. The first-order valence-electron chi connectivity index (χ1n) is 6.15. The number of aliphatic hydroxyl groups is 1. The molecule has 1 N–H and O–H groups in total. The van der Waals surface area contributed by atoms with Gasteiger partial charge in [0.25, 0.3) is 0 Å². The van der Waals surface area contributed by atoms with E-state index in [-0.39, 0.29) is 12.2 Å². The number of aliphatic hydroxyl groups excluding tert-OH is 1. The molecule has 15 heavy (non-hydrogen) atoms. The van der Waals surface area contributed by atoms with Crippen LogP contribution in [0.1, 0.15) is 32.6 Å². The van der Waals surface area contributed by atoms with E-state index >= 15 is 0 Å². The monoisotopic (exact) mass is 214 g/mol. The average molecular weight is 214 g/mol. The first-order chi connectivity index (χ1) is 7.27. The molecule has 2 fully saturated rings. The summed E-state index contributed by atoms with van der Waals surface area (Å²) in [7, 11) is 0. The minimum Gasteiger partial charge on any atom is -0.390 e. The lowest BCUT2D eigenvalue weighted by atomic mass is 9.78. The summed E-state index contributed by atoms with van der Waals surface area (Å²) in [6.07, 6.45) is 4.43. The second kappa shape index (κ2) is 5.28. The molecule has 2 rings (SSSR count). The van der Waals surface area contributed by atoms with Gasteiger partial charge in [-0.15, -0.1) is 0 Å². The molecule has 1 saturated carbocycles. The molecule has 0 aromatic rings. The van der Waals surface area contributed by atoms with Crippen molar-refractivity contribution in [2.75, 3.05) is 19.8 Å². The normalized spacial score (nSPS) is 40.0. The summed E-state index contributed by atoms with van der Waals surface area (Å²) in [6.45, 7) is 4.14. The second-order valence-electron chi connectivity index (χ2n) is 5.01. The molecule has 0 radical (unpaired) electrons. The number of rotatable bonds is 2. The van der Waals surface area contributed by atoms with Crippen molar-refractivity contribution in [2.45, 2.75) is 44.8 Å². The Balaban J connectivity index is 1.85. The summed E-state index contributed by atoms with van der Waals surface area (Å²) in [4.78, 5) is 0. The standard InChI is InChI=1S/C12H22O3/c1-9-3-2-4-10(7-9)12(13)11-8-14-5-6-15-11/h9-13H,2-8H2,1H3. The third kappa shape index (κ3) is 2.92. The van der Waals surface area contributed by atoms with Crippen LogP contribution < -0.4 is 0 Å². The smallest absolute Gasteiger partial charge is 0.107 e. The molecule has 1 saturated heterocycles. The maximum absolute atomic E-state index is 10.2. The summed E-state index contributed by atoms with van der Waals surface area (Å²) in [6, 6.07) is 0.